The Kier molecular flexibility index (Phi) is 4.29. The van der Waals surface area contributed by atoms with Crippen molar-refractivity contribution in [3.8, 4) is 0 Å². The zero-order valence-electron chi connectivity index (χ0n) is 13.4. The number of fused-ring (bicyclic) bond motifs is 1. The summed E-state index contributed by atoms with van der Waals surface area (Å²) in [7, 11) is 1.77. The molecule has 3 rings (SSSR count). The molecule has 23 heavy (non-hydrogen) atoms. The van der Waals surface area contributed by atoms with E-state index in [-0.39, 0.29) is 12.1 Å². The number of hydrogen-bond acceptors (Lipinski definition) is 4. The average molecular weight is 329 g/mol. The highest BCUT2D eigenvalue weighted by molar-refractivity contribution is 7.07. The Labute approximate surface area is 138 Å². The van der Waals surface area contributed by atoms with Crippen LogP contribution in [0.2, 0.25) is 0 Å². The van der Waals surface area contributed by atoms with Crippen molar-refractivity contribution >= 4 is 34.1 Å². The smallest absolute Gasteiger partial charge is 0.321 e. The number of anilines is 1. The number of urea groups is 1. The molecule has 3 heterocycles. The van der Waals surface area contributed by atoms with Crippen LogP contribution in [0.1, 0.15) is 25.5 Å². The number of nitrogens with zero attached hydrogens (tertiary/aromatic N) is 4. The number of nitrogens with one attached hydrogen (secondary N) is 1. The first kappa shape index (κ1) is 15.5. The lowest BCUT2D eigenvalue weighted by molar-refractivity contribution is 0.221. The molecule has 0 unspecified atom stereocenters. The molecular weight excluding hydrogens is 310 g/mol. The molecule has 3 aromatic rings. The largest absolute Gasteiger partial charge is 0.323 e. The molecule has 0 saturated carbocycles. The Morgan fingerprint density at radius 1 is 1.43 bits per heavy atom. The van der Waals surface area contributed by atoms with Gasteiger partial charge in [0.15, 0.2) is 5.65 Å². The lowest BCUT2D eigenvalue weighted by Gasteiger charge is -2.17. The van der Waals surface area contributed by atoms with Gasteiger partial charge in [-0.3, -0.25) is 0 Å². The molecule has 7 heteroatoms. The summed E-state index contributed by atoms with van der Waals surface area (Å²) < 4.78 is 1.86. The molecule has 0 aromatic carbocycles. The minimum atomic E-state index is -0.159. The molecule has 0 aliphatic rings. The van der Waals surface area contributed by atoms with Gasteiger partial charge in [-0.25, -0.2) is 14.5 Å². The van der Waals surface area contributed by atoms with Gasteiger partial charge in [0.2, 0.25) is 0 Å². The molecule has 0 aliphatic heterocycles. The van der Waals surface area contributed by atoms with Gasteiger partial charge >= 0.3 is 6.03 Å². The maximum absolute atomic E-state index is 12.3. The molecule has 6 nitrogen and oxygen atoms in total. The normalized spacial score (nSPS) is 11.1. The zero-order valence-corrected chi connectivity index (χ0v) is 14.2. The first-order valence-corrected chi connectivity index (χ1v) is 8.35. The third kappa shape index (κ3) is 3.34. The summed E-state index contributed by atoms with van der Waals surface area (Å²) >= 11 is 1.63. The maximum atomic E-state index is 12.3. The van der Waals surface area contributed by atoms with E-state index in [0.29, 0.717) is 12.2 Å². The molecule has 0 aliphatic carbocycles. The van der Waals surface area contributed by atoms with Gasteiger partial charge in [-0.2, -0.15) is 16.4 Å². The molecule has 0 radical (unpaired) electrons. The Bertz CT molecular complexity index is 809. The molecule has 1 N–H and O–H groups in total. The maximum Gasteiger partial charge on any atom is 0.321 e. The van der Waals surface area contributed by atoms with Gasteiger partial charge in [0.25, 0.3) is 0 Å². The molecule has 0 atom stereocenters. The number of aromatic nitrogens is 3. The monoisotopic (exact) mass is 329 g/mol. The fraction of sp³-hybridized carbons (Fsp3) is 0.312. The second-order valence-corrected chi connectivity index (χ2v) is 6.52. The summed E-state index contributed by atoms with van der Waals surface area (Å²) in [6, 6.07) is 4.00. The first-order chi connectivity index (χ1) is 11.0. The van der Waals surface area contributed by atoms with Gasteiger partial charge < -0.3 is 10.2 Å². The van der Waals surface area contributed by atoms with Crippen molar-refractivity contribution in [3.63, 3.8) is 0 Å². The van der Waals surface area contributed by atoms with Crippen LogP contribution in [0.5, 0.6) is 0 Å². The summed E-state index contributed by atoms with van der Waals surface area (Å²) in [4.78, 5) is 18.3. The lowest BCUT2D eigenvalue weighted by atomic mass is 10.3. The van der Waals surface area contributed by atoms with Crippen LogP contribution in [0.25, 0.3) is 11.0 Å². The van der Waals surface area contributed by atoms with Gasteiger partial charge in [0.1, 0.15) is 0 Å². The Morgan fingerprint density at radius 2 is 2.26 bits per heavy atom. The number of amides is 2. The van der Waals surface area contributed by atoms with Crippen molar-refractivity contribution in [3.05, 3.63) is 40.8 Å². The van der Waals surface area contributed by atoms with Crippen molar-refractivity contribution in [2.45, 2.75) is 26.4 Å². The standard InChI is InChI=1S/C16H19N5OS/c1-11(2)21-15-13(7-18-21)6-14(8-17-15)19-16(22)20(3)9-12-4-5-23-10-12/h4-8,10-11H,9H2,1-3H3,(H,19,22). The molecular formula is C16H19N5OS. The van der Waals surface area contributed by atoms with Gasteiger partial charge in [-0.05, 0) is 42.3 Å². The number of hydrogen-bond donors (Lipinski definition) is 1. The first-order valence-electron chi connectivity index (χ1n) is 7.41. The molecule has 0 saturated heterocycles. The topological polar surface area (TPSA) is 63.1 Å². The van der Waals surface area contributed by atoms with Crippen molar-refractivity contribution in [1.29, 1.82) is 0 Å². The zero-order chi connectivity index (χ0) is 16.4. The predicted octanol–water partition coefficient (Wildman–Crippen LogP) is 3.74. The van der Waals surface area contributed by atoms with E-state index in [2.05, 4.69) is 29.2 Å². The minimum Gasteiger partial charge on any atom is -0.323 e. The van der Waals surface area contributed by atoms with E-state index in [4.69, 9.17) is 0 Å². The fourth-order valence-corrected chi connectivity index (χ4v) is 2.99. The van der Waals surface area contributed by atoms with E-state index in [1.165, 1.54) is 0 Å². The third-order valence-corrected chi connectivity index (χ3v) is 4.25. The van der Waals surface area contributed by atoms with Crippen molar-refractivity contribution in [2.75, 3.05) is 12.4 Å². The van der Waals surface area contributed by atoms with Gasteiger partial charge in [0, 0.05) is 25.0 Å². The van der Waals surface area contributed by atoms with E-state index >= 15 is 0 Å². The predicted molar refractivity (Wildman–Crippen MR) is 92.7 cm³/mol. The number of rotatable bonds is 4. The van der Waals surface area contributed by atoms with Crippen LogP contribution in [0.15, 0.2) is 35.3 Å². The SMILES string of the molecule is CC(C)n1ncc2cc(NC(=O)N(C)Cc3ccsc3)cnc21. The highest BCUT2D eigenvalue weighted by Crippen LogP contribution is 2.19. The quantitative estimate of drug-likeness (QED) is 0.793. The van der Waals surface area contributed by atoms with Crippen molar-refractivity contribution in [2.24, 2.45) is 0 Å². The second kappa shape index (κ2) is 6.37. The second-order valence-electron chi connectivity index (χ2n) is 5.74. The van der Waals surface area contributed by atoms with Crippen molar-refractivity contribution < 1.29 is 4.79 Å². The molecule has 2 amide bonds. The summed E-state index contributed by atoms with van der Waals surface area (Å²) in [5.41, 5.74) is 2.62. The fourth-order valence-electron chi connectivity index (χ4n) is 2.33. The summed E-state index contributed by atoms with van der Waals surface area (Å²) in [5.74, 6) is 0. The van der Waals surface area contributed by atoms with Crippen LogP contribution in [-0.4, -0.2) is 32.7 Å². The minimum absolute atomic E-state index is 0.159. The van der Waals surface area contributed by atoms with Crippen molar-refractivity contribution in [1.82, 2.24) is 19.7 Å². The highest BCUT2D eigenvalue weighted by atomic mass is 32.1. The Morgan fingerprint density at radius 3 is 2.96 bits per heavy atom. The molecule has 0 spiro atoms. The van der Waals surface area contributed by atoms with Crippen LogP contribution in [0, 0.1) is 0 Å². The Balaban J connectivity index is 1.72. The summed E-state index contributed by atoms with van der Waals surface area (Å²) in [5, 5.41) is 12.2. The molecule has 0 fully saturated rings. The highest BCUT2D eigenvalue weighted by Gasteiger charge is 2.12. The third-order valence-electron chi connectivity index (χ3n) is 3.52. The summed E-state index contributed by atoms with van der Waals surface area (Å²) in [6.07, 6.45) is 3.44. The lowest BCUT2D eigenvalue weighted by Crippen LogP contribution is -2.30. The molecule has 0 bridgehead atoms. The number of pyridine rings is 1. The van der Waals surface area contributed by atoms with Crippen LogP contribution >= 0.6 is 11.3 Å². The number of carbonyl (C=O) groups excluding carboxylic acids is 1. The van der Waals surface area contributed by atoms with E-state index in [1.54, 1.807) is 35.7 Å². The van der Waals surface area contributed by atoms with Crippen LogP contribution in [0.4, 0.5) is 10.5 Å². The molecule has 120 valence electrons. The number of thiophene rings is 1. The van der Waals surface area contributed by atoms with E-state index in [9.17, 15) is 4.79 Å². The van der Waals surface area contributed by atoms with Crippen LogP contribution in [-0.2, 0) is 6.54 Å². The molecule has 3 aromatic heterocycles. The van der Waals surface area contributed by atoms with E-state index < -0.39 is 0 Å². The average Bonchev–Trinajstić information content (AvgIpc) is 3.15. The van der Waals surface area contributed by atoms with Gasteiger partial charge in [0.05, 0.1) is 18.1 Å². The van der Waals surface area contributed by atoms with E-state index in [0.717, 1.165) is 16.6 Å². The van der Waals surface area contributed by atoms with Crippen LogP contribution in [0.3, 0.4) is 0 Å². The Hall–Kier alpha value is -2.41. The number of carbonyl (C=O) groups is 1. The van der Waals surface area contributed by atoms with Gasteiger partial charge in [-0.1, -0.05) is 0 Å². The van der Waals surface area contributed by atoms with Gasteiger partial charge in [-0.15, -0.1) is 0 Å². The van der Waals surface area contributed by atoms with E-state index in [1.807, 2.05) is 27.6 Å². The van der Waals surface area contributed by atoms with Crippen LogP contribution < -0.4 is 5.32 Å². The summed E-state index contributed by atoms with van der Waals surface area (Å²) in [6.45, 7) is 4.70.